The number of hydrogen-bond donors (Lipinski definition) is 2. The third-order valence-corrected chi connectivity index (χ3v) is 6.22. The number of carbonyl (C=O) groups excluding carboxylic acids is 1. The minimum Gasteiger partial charge on any atom is -0.497 e. The van der Waals surface area contributed by atoms with Gasteiger partial charge < -0.3 is 14.8 Å². The first-order valence-corrected chi connectivity index (χ1v) is 10.5. The zero-order chi connectivity index (χ0) is 20.1. The van der Waals surface area contributed by atoms with Gasteiger partial charge in [-0.3, -0.25) is 9.52 Å². The number of ether oxygens (including phenoxy) is 2. The molecule has 0 fully saturated rings. The van der Waals surface area contributed by atoms with Gasteiger partial charge in [0.25, 0.3) is 15.9 Å². The van der Waals surface area contributed by atoms with E-state index in [0.29, 0.717) is 17.2 Å². The highest BCUT2D eigenvalue weighted by molar-refractivity contribution is 7.92. The summed E-state index contributed by atoms with van der Waals surface area (Å²) in [5, 5.41) is 4.14. The lowest BCUT2D eigenvalue weighted by Gasteiger charge is -2.12. The number of methoxy groups -OCH3 is 2. The largest absolute Gasteiger partial charge is 0.497 e. The summed E-state index contributed by atoms with van der Waals surface area (Å²) < 4.78 is 38.2. The molecule has 2 aromatic carbocycles. The summed E-state index contributed by atoms with van der Waals surface area (Å²) in [6.45, 7) is 0. The van der Waals surface area contributed by atoms with Crippen LogP contribution in [0.25, 0.3) is 0 Å². The van der Waals surface area contributed by atoms with Crippen LogP contribution in [0, 0.1) is 0 Å². The molecule has 0 aliphatic carbocycles. The molecule has 0 saturated heterocycles. The highest BCUT2D eigenvalue weighted by Gasteiger charge is 2.21. The lowest BCUT2D eigenvalue weighted by Crippen LogP contribution is -2.13. The summed E-state index contributed by atoms with van der Waals surface area (Å²) in [7, 11) is -0.952. The lowest BCUT2D eigenvalue weighted by molar-refractivity contribution is 0.103. The van der Waals surface area contributed by atoms with Gasteiger partial charge >= 0.3 is 0 Å². The van der Waals surface area contributed by atoms with Crippen LogP contribution < -0.4 is 19.5 Å². The second-order valence-corrected chi connectivity index (χ2v) is 8.23. The number of carbonyl (C=O) groups is 1. The third kappa shape index (κ3) is 4.44. The fraction of sp³-hybridized carbons (Fsp3) is 0.105. The van der Waals surface area contributed by atoms with E-state index < -0.39 is 10.0 Å². The second kappa shape index (κ2) is 8.32. The molecule has 3 aromatic rings. The maximum absolute atomic E-state index is 12.7. The van der Waals surface area contributed by atoms with Gasteiger partial charge in [0.15, 0.2) is 0 Å². The first-order chi connectivity index (χ1) is 13.4. The molecule has 1 heterocycles. The van der Waals surface area contributed by atoms with Crippen LogP contribution >= 0.6 is 11.3 Å². The highest BCUT2D eigenvalue weighted by Crippen LogP contribution is 2.31. The van der Waals surface area contributed by atoms with Crippen molar-refractivity contribution in [3.63, 3.8) is 0 Å². The van der Waals surface area contributed by atoms with Crippen molar-refractivity contribution in [2.75, 3.05) is 24.3 Å². The number of sulfonamides is 1. The SMILES string of the molecule is COc1ccc(NS(=O)(=O)c2csc(C(=O)Nc3ccccc3)c2)c(OC)c1. The molecular formula is C19H18N2O5S2. The predicted octanol–water partition coefficient (Wildman–Crippen LogP) is 3.82. The van der Waals surface area contributed by atoms with Gasteiger partial charge in [0.05, 0.1) is 29.7 Å². The minimum atomic E-state index is -3.89. The second-order valence-electron chi connectivity index (χ2n) is 5.64. The van der Waals surface area contributed by atoms with E-state index in [1.165, 1.54) is 25.7 Å². The normalized spacial score (nSPS) is 10.9. The molecule has 2 N–H and O–H groups in total. The molecule has 0 spiro atoms. The van der Waals surface area contributed by atoms with Gasteiger partial charge in [-0.05, 0) is 30.3 Å². The van der Waals surface area contributed by atoms with Crippen molar-refractivity contribution in [2.24, 2.45) is 0 Å². The smallest absolute Gasteiger partial charge is 0.265 e. The Morgan fingerprint density at radius 1 is 1.00 bits per heavy atom. The van der Waals surface area contributed by atoms with Crippen molar-refractivity contribution in [1.82, 2.24) is 0 Å². The summed E-state index contributed by atoms with van der Waals surface area (Å²) >= 11 is 1.05. The number of anilines is 2. The summed E-state index contributed by atoms with van der Waals surface area (Å²) in [6.07, 6.45) is 0. The molecule has 0 radical (unpaired) electrons. The Labute approximate surface area is 167 Å². The summed E-state index contributed by atoms with van der Waals surface area (Å²) in [6, 6.07) is 15.0. The Kier molecular flexibility index (Phi) is 5.86. The topological polar surface area (TPSA) is 93.7 Å². The summed E-state index contributed by atoms with van der Waals surface area (Å²) in [5.41, 5.74) is 0.899. The Morgan fingerprint density at radius 3 is 2.43 bits per heavy atom. The van der Waals surface area contributed by atoms with Crippen molar-refractivity contribution < 1.29 is 22.7 Å². The summed E-state index contributed by atoms with van der Waals surface area (Å²) in [4.78, 5) is 12.6. The van der Waals surface area contributed by atoms with Crippen LogP contribution in [0.1, 0.15) is 9.67 Å². The molecule has 1 aromatic heterocycles. The number of benzene rings is 2. The van der Waals surface area contributed by atoms with Crippen LogP contribution in [-0.2, 0) is 10.0 Å². The maximum Gasteiger partial charge on any atom is 0.265 e. The molecule has 146 valence electrons. The van der Waals surface area contributed by atoms with Gasteiger partial charge in [0.2, 0.25) is 0 Å². The number of hydrogen-bond acceptors (Lipinski definition) is 6. The number of rotatable bonds is 7. The molecule has 0 atom stereocenters. The van der Waals surface area contributed by atoms with E-state index in [4.69, 9.17) is 9.47 Å². The Bertz CT molecular complexity index is 1080. The van der Waals surface area contributed by atoms with Crippen molar-refractivity contribution in [1.29, 1.82) is 0 Å². The zero-order valence-corrected chi connectivity index (χ0v) is 16.8. The monoisotopic (exact) mass is 418 g/mol. The minimum absolute atomic E-state index is 0.00594. The van der Waals surface area contributed by atoms with Crippen LogP contribution in [0.15, 0.2) is 64.9 Å². The van der Waals surface area contributed by atoms with Gasteiger partial charge in [-0.2, -0.15) is 0 Å². The van der Waals surface area contributed by atoms with E-state index in [0.717, 1.165) is 11.3 Å². The van der Waals surface area contributed by atoms with Crippen LogP contribution in [0.3, 0.4) is 0 Å². The van der Waals surface area contributed by atoms with Crippen molar-refractivity contribution in [3.05, 3.63) is 64.9 Å². The standard InChI is InChI=1S/C19H18N2O5S2/c1-25-14-8-9-16(17(10-14)26-2)21-28(23,24)15-11-18(27-12-15)19(22)20-13-6-4-3-5-7-13/h3-12,21H,1-2H3,(H,20,22). The predicted molar refractivity (Wildman–Crippen MR) is 109 cm³/mol. The first-order valence-electron chi connectivity index (χ1n) is 8.13. The molecule has 28 heavy (non-hydrogen) atoms. The van der Waals surface area contributed by atoms with E-state index in [2.05, 4.69) is 10.0 Å². The number of thiophene rings is 1. The molecule has 3 rings (SSSR count). The van der Waals surface area contributed by atoms with E-state index in [9.17, 15) is 13.2 Å². The van der Waals surface area contributed by atoms with Crippen molar-refractivity contribution >= 4 is 38.6 Å². The van der Waals surface area contributed by atoms with Gasteiger partial charge in [0.1, 0.15) is 11.5 Å². The molecule has 0 unspecified atom stereocenters. The average molecular weight is 418 g/mol. The van der Waals surface area contributed by atoms with E-state index in [1.54, 1.807) is 42.5 Å². The van der Waals surface area contributed by atoms with Crippen LogP contribution in [0.4, 0.5) is 11.4 Å². The number of nitrogens with one attached hydrogen (secondary N) is 2. The highest BCUT2D eigenvalue weighted by atomic mass is 32.2. The maximum atomic E-state index is 12.7. The quantitative estimate of drug-likeness (QED) is 0.608. The Hall–Kier alpha value is -3.04. The van der Waals surface area contributed by atoms with Crippen molar-refractivity contribution in [2.45, 2.75) is 4.90 Å². The zero-order valence-electron chi connectivity index (χ0n) is 15.1. The van der Waals surface area contributed by atoms with E-state index >= 15 is 0 Å². The first kappa shape index (κ1) is 19.7. The van der Waals surface area contributed by atoms with Gasteiger partial charge in [-0.25, -0.2) is 8.42 Å². The Balaban J connectivity index is 1.79. The fourth-order valence-corrected chi connectivity index (χ4v) is 4.62. The summed E-state index contributed by atoms with van der Waals surface area (Å²) in [5.74, 6) is 0.482. The Morgan fingerprint density at radius 2 is 1.75 bits per heavy atom. The van der Waals surface area contributed by atoms with Gasteiger partial charge in [0, 0.05) is 17.1 Å². The van der Waals surface area contributed by atoms with Gasteiger partial charge in [-0.1, -0.05) is 18.2 Å². The molecule has 1 amide bonds. The van der Waals surface area contributed by atoms with Crippen molar-refractivity contribution in [3.8, 4) is 11.5 Å². The molecule has 7 nitrogen and oxygen atoms in total. The molecule has 0 bridgehead atoms. The average Bonchev–Trinajstić information content (AvgIpc) is 3.20. The molecule has 0 aliphatic rings. The van der Waals surface area contributed by atoms with Crippen LogP contribution in [0.5, 0.6) is 11.5 Å². The molecule has 9 heteroatoms. The van der Waals surface area contributed by atoms with E-state index in [-0.39, 0.29) is 21.4 Å². The molecule has 0 saturated carbocycles. The van der Waals surface area contributed by atoms with E-state index in [1.807, 2.05) is 6.07 Å². The fourth-order valence-electron chi connectivity index (χ4n) is 2.38. The van der Waals surface area contributed by atoms with Crippen LogP contribution in [0.2, 0.25) is 0 Å². The number of amides is 1. The molecular weight excluding hydrogens is 400 g/mol. The molecule has 0 aliphatic heterocycles. The lowest BCUT2D eigenvalue weighted by atomic mass is 10.3. The van der Waals surface area contributed by atoms with Gasteiger partial charge in [-0.15, -0.1) is 11.3 Å². The number of para-hydroxylation sites is 1. The van der Waals surface area contributed by atoms with Crippen LogP contribution in [-0.4, -0.2) is 28.5 Å². The third-order valence-electron chi connectivity index (χ3n) is 3.79.